The van der Waals surface area contributed by atoms with E-state index in [1.54, 1.807) is 0 Å². The van der Waals surface area contributed by atoms with E-state index < -0.39 is 0 Å². The summed E-state index contributed by atoms with van der Waals surface area (Å²) in [7, 11) is 4.10. The van der Waals surface area contributed by atoms with Gasteiger partial charge in [0.05, 0.1) is 5.69 Å². The third kappa shape index (κ3) is 2.21. The van der Waals surface area contributed by atoms with Crippen molar-refractivity contribution in [2.45, 2.75) is 19.4 Å². The van der Waals surface area contributed by atoms with Crippen molar-refractivity contribution in [3.8, 4) is 0 Å². The Labute approximate surface area is 91.1 Å². The third-order valence-electron chi connectivity index (χ3n) is 3.27. The molecule has 1 aliphatic rings. The molecule has 1 aliphatic heterocycles. The molecule has 1 aromatic rings. The molecule has 0 unspecified atom stereocenters. The summed E-state index contributed by atoms with van der Waals surface area (Å²) >= 11 is 0. The molecule has 0 spiro atoms. The fourth-order valence-electron chi connectivity index (χ4n) is 2.47. The maximum atomic E-state index is 6.11. The lowest BCUT2D eigenvalue weighted by Crippen LogP contribution is -2.30. The van der Waals surface area contributed by atoms with E-state index in [1.807, 2.05) is 11.7 Å². The van der Waals surface area contributed by atoms with Gasteiger partial charge in [0, 0.05) is 32.4 Å². The van der Waals surface area contributed by atoms with Gasteiger partial charge in [0.2, 0.25) is 0 Å². The molecule has 15 heavy (non-hydrogen) atoms. The smallest absolute Gasteiger partial charge is 0.0625 e. The molecule has 4 nitrogen and oxygen atoms in total. The van der Waals surface area contributed by atoms with Crippen LogP contribution in [0.5, 0.6) is 0 Å². The first kappa shape index (κ1) is 10.6. The highest BCUT2D eigenvalue weighted by Crippen LogP contribution is 2.20. The molecule has 2 atom stereocenters. The maximum Gasteiger partial charge on any atom is 0.0625 e. The third-order valence-corrected chi connectivity index (χ3v) is 3.27. The van der Waals surface area contributed by atoms with Crippen molar-refractivity contribution in [2.24, 2.45) is 18.7 Å². The topological polar surface area (TPSA) is 47.1 Å². The molecule has 0 amide bonds. The number of hydrogen-bond acceptors (Lipinski definition) is 3. The lowest BCUT2D eigenvalue weighted by Gasteiger charge is -2.12. The van der Waals surface area contributed by atoms with Gasteiger partial charge in [-0.15, -0.1) is 0 Å². The van der Waals surface area contributed by atoms with Crippen LogP contribution in [0.15, 0.2) is 6.20 Å². The molecular formula is C11H20N4. The Morgan fingerprint density at radius 1 is 1.47 bits per heavy atom. The van der Waals surface area contributed by atoms with Gasteiger partial charge in [0.1, 0.15) is 0 Å². The summed E-state index contributed by atoms with van der Waals surface area (Å²) in [4.78, 5) is 2.31. The van der Waals surface area contributed by atoms with Gasteiger partial charge in [-0.25, -0.2) is 0 Å². The van der Waals surface area contributed by atoms with E-state index in [-0.39, 0.29) is 0 Å². The van der Waals surface area contributed by atoms with E-state index in [1.165, 1.54) is 5.56 Å². The summed E-state index contributed by atoms with van der Waals surface area (Å²) in [5, 5.41) is 4.36. The zero-order valence-electron chi connectivity index (χ0n) is 9.77. The average Bonchev–Trinajstić information content (AvgIpc) is 2.58. The van der Waals surface area contributed by atoms with Crippen LogP contribution < -0.4 is 5.73 Å². The molecule has 4 heteroatoms. The van der Waals surface area contributed by atoms with E-state index in [4.69, 9.17) is 5.73 Å². The van der Waals surface area contributed by atoms with Crippen molar-refractivity contribution in [3.63, 3.8) is 0 Å². The molecule has 0 bridgehead atoms. The minimum absolute atomic E-state index is 0.314. The predicted octanol–water partition coefficient (Wildman–Crippen LogP) is 0.160. The Morgan fingerprint density at radius 2 is 2.20 bits per heavy atom. The van der Waals surface area contributed by atoms with Crippen molar-refractivity contribution < 1.29 is 0 Å². The van der Waals surface area contributed by atoms with Gasteiger partial charge >= 0.3 is 0 Å². The first-order chi connectivity index (χ1) is 7.06. The number of nitrogens with two attached hydrogens (primary N) is 1. The molecule has 0 saturated carbocycles. The molecule has 2 rings (SSSR count). The molecule has 84 valence electrons. The minimum atomic E-state index is 0.314. The van der Waals surface area contributed by atoms with Crippen molar-refractivity contribution >= 4 is 0 Å². The standard InChI is InChI=1S/C11H20N4/c1-8-9(6-15(3)13-8)4-10-5-14(2)7-11(10)12/h6,10-11H,4-5,7,12H2,1-3H3/t10-,11-/m0/s1. The van der Waals surface area contributed by atoms with Crippen LogP contribution in [0.3, 0.4) is 0 Å². The highest BCUT2D eigenvalue weighted by Gasteiger charge is 2.28. The van der Waals surface area contributed by atoms with Gasteiger partial charge in [-0.05, 0) is 31.9 Å². The zero-order valence-corrected chi connectivity index (χ0v) is 9.77. The molecule has 1 aromatic heterocycles. The van der Waals surface area contributed by atoms with Gasteiger partial charge in [0.15, 0.2) is 0 Å². The second-order valence-corrected chi connectivity index (χ2v) is 4.76. The Hall–Kier alpha value is -0.870. The molecule has 0 radical (unpaired) electrons. The number of nitrogens with zero attached hydrogens (tertiary/aromatic N) is 3. The first-order valence-electron chi connectivity index (χ1n) is 5.49. The number of likely N-dealkylation sites (N-methyl/N-ethyl adjacent to an activating group) is 1. The number of likely N-dealkylation sites (tertiary alicyclic amines) is 1. The van der Waals surface area contributed by atoms with Gasteiger partial charge in [-0.1, -0.05) is 0 Å². The van der Waals surface area contributed by atoms with E-state index in [2.05, 4.69) is 30.2 Å². The van der Waals surface area contributed by atoms with Crippen molar-refractivity contribution in [3.05, 3.63) is 17.5 Å². The van der Waals surface area contributed by atoms with Crippen LogP contribution in [-0.2, 0) is 13.5 Å². The Morgan fingerprint density at radius 3 is 2.67 bits per heavy atom. The van der Waals surface area contributed by atoms with Crippen LogP contribution in [0.4, 0.5) is 0 Å². The largest absolute Gasteiger partial charge is 0.326 e. The number of hydrogen-bond donors (Lipinski definition) is 1. The number of aromatic nitrogens is 2. The number of rotatable bonds is 2. The van der Waals surface area contributed by atoms with Crippen LogP contribution >= 0.6 is 0 Å². The van der Waals surface area contributed by atoms with Crippen molar-refractivity contribution in [1.82, 2.24) is 14.7 Å². The summed E-state index contributed by atoms with van der Waals surface area (Å²) in [5.74, 6) is 0.581. The quantitative estimate of drug-likeness (QED) is 0.753. The van der Waals surface area contributed by atoms with Crippen molar-refractivity contribution in [2.75, 3.05) is 20.1 Å². The fourth-order valence-corrected chi connectivity index (χ4v) is 2.47. The summed E-state index contributed by atoms with van der Waals surface area (Å²) in [6, 6.07) is 0.314. The molecular weight excluding hydrogens is 188 g/mol. The van der Waals surface area contributed by atoms with E-state index in [0.717, 1.165) is 25.2 Å². The lowest BCUT2D eigenvalue weighted by molar-refractivity contribution is 0.394. The summed E-state index contributed by atoms with van der Waals surface area (Å²) in [6.45, 7) is 4.19. The van der Waals surface area contributed by atoms with Gasteiger partial charge in [0.25, 0.3) is 0 Å². The molecule has 2 N–H and O–H groups in total. The molecule has 0 aliphatic carbocycles. The van der Waals surface area contributed by atoms with Crippen molar-refractivity contribution in [1.29, 1.82) is 0 Å². The van der Waals surface area contributed by atoms with Crippen LogP contribution in [0.25, 0.3) is 0 Å². The van der Waals surface area contributed by atoms with Crippen LogP contribution in [-0.4, -0.2) is 40.9 Å². The highest BCUT2D eigenvalue weighted by molar-refractivity contribution is 5.17. The van der Waals surface area contributed by atoms with Gasteiger partial charge in [-0.2, -0.15) is 5.10 Å². The Kier molecular flexibility index (Phi) is 2.80. The van der Waals surface area contributed by atoms with Crippen LogP contribution in [0, 0.1) is 12.8 Å². The predicted molar refractivity (Wildman–Crippen MR) is 60.6 cm³/mol. The molecule has 0 aromatic carbocycles. The second-order valence-electron chi connectivity index (χ2n) is 4.76. The van der Waals surface area contributed by atoms with Crippen LogP contribution in [0.1, 0.15) is 11.3 Å². The van der Waals surface area contributed by atoms with E-state index >= 15 is 0 Å². The number of aryl methyl sites for hydroxylation is 2. The SMILES string of the molecule is Cc1nn(C)cc1C[C@H]1CN(C)C[C@@H]1N. The zero-order chi connectivity index (χ0) is 11.0. The maximum absolute atomic E-state index is 6.11. The summed E-state index contributed by atoms with van der Waals surface area (Å²) in [6.07, 6.45) is 3.17. The van der Waals surface area contributed by atoms with Crippen LogP contribution in [0.2, 0.25) is 0 Å². The lowest BCUT2D eigenvalue weighted by atomic mass is 9.96. The minimum Gasteiger partial charge on any atom is -0.326 e. The first-order valence-corrected chi connectivity index (χ1v) is 5.49. The molecule has 1 fully saturated rings. The second kappa shape index (κ2) is 3.94. The van der Waals surface area contributed by atoms with E-state index in [0.29, 0.717) is 12.0 Å². The normalized spacial score (nSPS) is 27.5. The summed E-state index contributed by atoms with van der Waals surface area (Å²) in [5.41, 5.74) is 8.58. The Bertz CT molecular complexity index is 344. The Balaban J connectivity index is 2.06. The van der Waals surface area contributed by atoms with Gasteiger partial charge < -0.3 is 10.6 Å². The monoisotopic (exact) mass is 208 g/mol. The summed E-state index contributed by atoms with van der Waals surface area (Å²) < 4.78 is 1.88. The fraction of sp³-hybridized carbons (Fsp3) is 0.727. The van der Waals surface area contributed by atoms with Gasteiger partial charge in [-0.3, -0.25) is 4.68 Å². The highest BCUT2D eigenvalue weighted by atomic mass is 15.2. The average molecular weight is 208 g/mol. The molecule has 2 heterocycles. The molecule has 1 saturated heterocycles. The van der Waals surface area contributed by atoms with E-state index in [9.17, 15) is 0 Å².